The fourth-order valence-corrected chi connectivity index (χ4v) is 2.23. The molecule has 0 aliphatic carbocycles. The molecule has 5 heteroatoms. The first kappa shape index (κ1) is 13.4. The van der Waals surface area contributed by atoms with Crippen LogP contribution in [0.3, 0.4) is 0 Å². The van der Waals surface area contributed by atoms with Crippen LogP contribution in [0.15, 0.2) is 64.0 Å². The van der Waals surface area contributed by atoms with Gasteiger partial charge in [0.15, 0.2) is 5.43 Å². The molecule has 0 aliphatic rings. The number of rotatable bonds is 2. The molecule has 0 saturated heterocycles. The Morgan fingerprint density at radius 3 is 2.71 bits per heavy atom. The SMILES string of the molecule is O=C(Nc1ccc2occc(=O)c2c1)c1ccccc1Cl. The summed E-state index contributed by atoms with van der Waals surface area (Å²) in [6.45, 7) is 0. The minimum atomic E-state index is -0.333. The maximum Gasteiger partial charge on any atom is 0.257 e. The van der Waals surface area contributed by atoms with Crippen molar-refractivity contribution in [2.75, 3.05) is 5.32 Å². The lowest BCUT2D eigenvalue weighted by Crippen LogP contribution is -2.12. The molecule has 4 nitrogen and oxygen atoms in total. The van der Waals surface area contributed by atoms with E-state index in [4.69, 9.17) is 16.0 Å². The molecule has 0 spiro atoms. The zero-order chi connectivity index (χ0) is 14.8. The van der Waals surface area contributed by atoms with E-state index in [1.54, 1.807) is 42.5 Å². The normalized spacial score (nSPS) is 10.5. The fraction of sp³-hybridized carbons (Fsp3) is 0. The van der Waals surface area contributed by atoms with Crippen LogP contribution >= 0.6 is 11.6 Å². The largest absolute Gasteiger partial charge is 0.464 e. The smallest absolute Gasteiger partial charge is 0.257 e. The van der Waals surface area contributed by atoms with Gasteiger partial charge >= 0.3 is 0 Å². The lowest BCUT2D eigenvalue weighted by atomic mass is 10.2. The van der Waals surface area contributed by atoms with Crippen molar-refractivity contribution < 1.29 is 9.21 Å². The van der Waals surface area contributed by atoms with E-state index in [0.717, 1.165) is 0 Å². The number of amides is 1. The van der Waals surface area contributed by atoms with Crippen LogP contribution in [0.25, 0.3) is 11.0 Å². The lowest BCUT2D eigenvalue weighted by Gasteiger charge is -2.07. The van der Waals surface area contributed by atoms with Gasteiger partial charge in [0, 0.05) is 11.8 Å². The molecule has 2 aromatic carbocycles. The van der Waals surface area contributed by atoms with Gasteiger partial charge < -0.3 is 9.73 Å². The zero-order valence-corrected chi connectivity index (χ0v) is 11.6. The molecule has 0 radical (unpaired) electrons. The number of hydrogen-bond acceptors (Lipinski definition) is 3. The van der Waals surface area contributed by atoms with Gasteiger partial charge in [0.2, 0.25) is 0 Å². The van der Waals surface area contributed by atoms with Crippen LogP contribution in [0.4, 0.5) is 5.69 Å². The van der Waals surface area contributed by atoms with Crippen molar-refractivity contribution in [2.24, 2.45) is 0 Å². The highest BCUT2D eigenvalue weighted by molar-refractivity contribution is 6.34. The second kappa shape index (κ2) is 5.42. The number of nitrogens with one attached hydrogen (secondary N) is 1. The molecule has 0 bridgehead atoms. The summed E-state index contributed by atoms with van der Waals surface area (Å²) in [6.07, 6.45) is 1.34. The Hall–Kier alpha value is -2.59. The Bertz CT molecular complexity index is 886. The van der Waals surface area contributed by atoms with E-state index in [9.17, 15) is 9.59 Å². The van der Waals surface area contributed by atoms with E-state index in [2.05, 4.69) is 5.32 Å². The standard InChI is InChI=1S/C16H10ClNO3/c17-13-4-2-1-3-11(13)16(20)18-10-5-6-15-12(9-10)14(19)7-8-21-15/h1-9H,(H,18,20). The van der Waals surface area contributed by atoms with Crippen molar-refractivity contribution in [2.45, 2.75) is 0 Å². The zero-order valence-electron chi connectivity index (χ0n) is 10.8. The first-order chi connectivity index (χ1) is 10.1. The van der Waals surface area contributed by atoms with Crippen molar-refractivity contribution in [1.82, 2.24) is 0 Å². The van der Waals surface area contributed by atoms with E-state index in [0.29, 0.717) is 27.2 Å². The average molecular weight is 300 g/mol. The van der Waals surface area contributed by atoms with E-state index in [1.165, 1.54) is 12.3 Å². The van der Waals surface area contributed by atoms with Gasteiger partial charge in [-0.3, -0.25) is 9.59 Å². The van der Waals surface area contributed by atoms with Gasteiger partial charge in [-0.2, -0.15) is 0 Å². The summed E-state index contributed by atoms with van der Waals surface area (Å²) in [4.78, 5) is 23.9. The molecule has 1 aromatic heterocycles. The fourth-order valence-electron chi connectivity index (χ4n) is 2.01. The van der Waals surface area contributed by atoms with Gasteiger partial charge in [0.25, 0.3) is 5.91 Å². The van der Waals surface area contributed by atoms with E-state index < -0.39 is 0 Å². The topological polar surface area (TPSA) is 59.3 Å². The molecule has 3 aromatic rings. The van der Waals surface area contributed by atoms with Gasteiger partial charge in [-0.15, -0.1) is 0 Å². The molecule has 0 fully saturated rings. The van der Waals surface area contributed by atoms with E-state index >= 15 is 0 Å². The lowest BCUT2D eigenvalue weighted by molar-refractivity contribution is 0.102. The van der Waals surface area contributed by atoms with Crippen LogP contribution in [-0.4, -0.2) is 5.91 Å². The summed E-state index contributed by atoms with van der Waals surface area (Å²) in [6, 6.07) is 13.0. The third kappa shape index (κ3) is 2.66. The Morgan fingerprint density at radius 2 is 1.90 bits per heavy atom. The first-order valence-electron chi connectivity index (χ1n) is 6.22. The molecule has 0 saturated carbocycles. The second-order valence-electron chi connectivity index (χ2n) is 4.43. The molecule has 21 heavy (non-hydrogen) atoms. The highest BCUT2D eigenvalue weighted by Crippen LogP contribution is 2.19. The minimum absolute atomic E-state index is 0.162. The maximum atomic E-state index is 12.2. The molecule has 104 valence electrons. The van der Waals surface area contributed by atoms with Crippen LogP contribution in [-0.2, 0) is 0 Å². The van der Waals surface area contributed by atoms with Gasteiger partial charge in [0.1, 0.15) is 5.58 Å². The number of hydrogen-bond donors (Lipinski definition) is 1. The third-order valence-electron chi connectivity index (χ3n) is 3.04. The highest BCUT2D eigenvalue weighted by Gasteiger charge is 2.10. The minimum Gasteiger partial charge on any atom is -0.464 e. The molecule has 3 rings (SSSR count). The highest BCUT2D eigenvalue weighted by atomic mass is 35.5. The van der Waals surface area contributed by atoms with Crippen molar-refractivity contribution in [3.63, 3.8) is 0 Å². The van der Waals surface area contributed by atoms with Gasteiger partial charge in [-0.1, -0.05) is 23.7 Å². The number of halogens is 1. The summed E-state index contributed by atoms with van der Waals surface area (Å²) in [5.74, 6) is -0.333. The van der Waals surface area contributed by atoms with Gasteiger partial charge in [-0.25, -0.2) is 0 Å². The van der Waals surface area contributed by atoms with Crippen LogP contribution in [0.1, 0.15) is 10.4 Å². The number of carbonyl (C=O) groups is 1. The third-order valence-corrected chi connectivity index (χ3v) is 3.37. The van der Waals surface area contributed by atoms with Crippen LogP contribution in [0, 0.1) is 0 Å². The van der Waals surface area contributed by atoms with Gasteiger partial charge in [-0.05, 0) is 30.3 Å². The van der Waals surface area contributed by atoms with Crippen molar-refractivity contribution in [3.05, 3.63) is 75.6 Å². The molecule has 0 aliphatic heterocycles. The van der Waals surface area contributed by atoms with Crippen molar-refractivity contribution in [1.29, 1.82) is 0 Å². The quantitative estimate of drug-likeness (QED) is 0.785. The summed E-state index contributed by atoms with van der Waals surface area (Å²) in [5, 5.41) is 3.50. The predicted molar refractivity (Wildman–Crippen MR) is 81.9 cm³/mol. The number of benzene rings is 2. The summed E-state index contributed by atoms with van der Waals surface area (Å²) >= 11 is 5.98. The Balaban J connectivity index is 1.95. The molecule has 1 heterocycles. The number of anilines is 1. The van der Waals surface area contributed by atoms with Gasteiger partial charge in [0.05, 0.1) is 22.2 Å². The van der Waals surface area contributed by atoms with Crippen LogP contribution < -0.4 is 10.7 Å². The first-order valence-corrected chi connectivity index (χ1v) is 6.60. The molecule has 0 unspecified atom stereocenters. The predicted octanol–water partition coefficient (Wildman–Crippen LogP) is 3.70. The summed E-state index contributed by atoms with van der Waals surface area (Å²) in [5.41, 5.74) is 1.19. The number of carbonyl (C=O) groups excluding carboxylic acids is 1. The number of fused-ring (bicyclic) bond motifs is 1. The van der Waals surface area contributed by atoms with E-state index in [1.807, 2.05) is 0 Å². The summed E-state index contributed by atoms with van der Waals surface area (Å²) in [7, 11) is 0. The summed E-state index contributed by atoms with van der Waals surface area (Å²) < 4.78 is 5.22. The molecule has 1 N–H and O–H groups in total. The van der Waals surface area contributed by atoms with Crippen molar-refractivity contribution >= 4 is 34.2 Å². The Kier molecular flexibility index (Phi) is 3.46. The maximum absolute atomic E-state index is 12.2. The monoisotopic (exact) mass is 299 g/mol. The Morgan fingerprint density at radius 1 is 1.10 bits per heavy atom. The van der Waals surface area contributed by atoms with Crippen LogP contribution in [0.2, 0.25) is 5.02 Å². The molecular formula is C16H10ClNO3. The molecule has 1 amide bonds. The van der Waals surface area contributed by atoms with Crippen molar-refractivity contribution in [3.8, 4) is 0 Å². The Labute approximate surface area is 125 Å². The molecule has 0 atom stereocenters. The molecular weight excluding hydrogens is 290 g/mol. The van der Waals surface area contributed by atoms with Crippen LogP contribution in [0.5, 0.6) is 0 Å². The van der Waals surface area contributed by atoms with E-state index in [-0.39, 0.29) is 11.3 Å². The second-order valence-corrected chi connectivity index (χ2v) is 4.84. The average Bonchev–Trinajstić information content (AvgIpc) is 2.48.